The fourth-order valence-corrected chi connectivity index (χ4v) is 5.34. The third-order valence-corrected chi connectivity index (χ3v) is 7.20. The summed E-state index contributed by atoms with van der Waals surface area (Å²) < 4.78 is 5.65. The van der Waals surface area contributed by atoms with Crippen LogP contribution in [-0.4, -0.2) is 22.6 Å². The average Bonchev–Trinajstić information content (AvgIpc) is 3.05. The quantitative estimate of drug-likeness (QED) is 0.770. The fourth-order valence-electron chi connectivity index (χ4n) is 2.96. The lowest BCUT2D eigenvalue weighted by atomic mass is 9.91. The Kier molecular flexibility index (Phi) is 6.57. The van der Waals surface area contributed by atoms with Gasteiger partial charge < -0.3 is 21.7 Å². The molecule has 1 fully saturated rings. The van der Waals surface area contributed by atoms with Gasteiger partial charge in [0, 0.05) is 21.6 Å². The molecule has 2 aromatic rings. The van der Waals surface area contributed by atoms with E-state index in [-0.39, 0.29) is 17.0 Å². The van der Waals surface area contributed by atoms with Gasteiger partial charge >= 0.3 is 0 Å². The molecule has 0 N–H and O–H groups in total. The van der Waals surface area contributed by atoms with Crippen LogP contribution in [0.1, 0.15) is 44.0 Å². The third kappa shape index (κ3) is 4.31. The van der Waals surface area contributed by atoms with Crippen LogP contribution < -0.4 is 21.7 Å². The standard InChI is InChI=1S/C18H23NOS2.BrH/c1-4-18(2)11-14(9-10-22-18)17-19-16(12-21-17)13-5-7-15(20-3)8-6-13;/h5-8,12,14H,4,9-11H2,1-3H3;1H/p-1. The molecule has 1 aliphatic rings. The van der Waals surface area contributed by atoms with Crippen molar-refractivity contribution in [2.45, 2.75) is 43.8 Å². The van der Waals surface area contributed by atoms with Crippen LogP contribution in [0.15, 0.2) is 29.6 Å². The molecule has 1 aromatic heterocycles. The number of thioether (sulfide) groups is 1. The number of methoxy groups -OCH3 is 1. The van der Waals surface area contributed by atoms with Crippen molar-refractivity contribution in [1.29, 1.82) is 0 Å². The van der Waals surface area contributed by atoms with Crippen molar-refractivity contribution in [1.82, 2.24) is 4.98 Å². The molecule has 1 aliphatic heterocycles. The van der Waals surface area contributed by atoms with Gasteiger partial charge in [-0.3, -0.25) is 0 Å². The van der Waals surface area contributed by atoms with Crippen LogP contribution in [0.2, 0.25) is 0 Å². The highest BCUT2D eigenvalue weighted by atomic mass is 79.9. The van der Waals surface area contributed by atoms with Crippen LogP contribution in [-0.2, 0) is 0 Å². The zero-order valence-corrected chi connectivity index (χ0v) is 17.1. The summed E-state index contributed by atoms with van der Waals surface area (Å²) in [5.41, 5.74) is 2.27. The Balaban J connectivity index is 0.00000192. The molecule has 3 rings (SSSR count). The molecule has 2 atom stereocenters. The highest BCUT2D eigenvalue weighted by Crippen LogP contribution is 2.46. The molecule has 2 heterocycles. The number of ether oxygens (including phenoxy) is 1. The van der Waals surface area contributed by atoms with Gasteiger partial charge in [0.1, 0.15) is 5.75 Å². The van der Waals surface area contributed by atoms with E-state index >= 15 is 0 Å². The monoisotopic (exact) mass is 412 g/mol. The van der Waals surface area contributed by atoms with E-state index in [0.717, 1.165) is 11.4 Å². The Morgan fingerprint density at radius 3 is 2.70 bits per heavy atom. The molecule has 0 amide bonds. The van der Waals surface area contributed by atoms with Crippen molar-refractivity contribution >= 4 is 23.1 Å². The Hall–Kier alpha value is -0.520. The number of thiazole rings is 1. The van der Waals surface area contributed by atoms with E-state index in [0.29, 0.717) is 10.7 Å². The van der Waals surface area contributed by atoms with Crippen molar-refractivity contribution in [2.24, 2.45) is 0 Å². The molecule has 0 saturated carbocycles. The molecule has 0 radical (unpaired) electrons. The maximum Gasteiger partial charge on any atom is 0.118 e. The summed E-state index contributed by atoms with van der Waals surface area (Å²) in [6, 6.07) is 8.18. The van der Waals surface area contributed by atoms with Crippen molar-refractivity contribution in [2.75, 3.05) is 12.9 Å². The maximum absolute atomic E-state index is 5.22. The van der Waals surface area contributed by atoms with Crippen molar-refractivity contribution in [3.8, 4) is 17.0 Å². The Bertz CT molecular complexity index is 628. The van der Waals surface area contributed by atoms with E-state index in [4.69, 9.17) is 9.72 Å². The van der Waals surface area contributed by atoms with Crippen LogP contribution >= 0.6 is 23.1 Å². The Morgan fingerprint density at radius 1 is 1.30 bits per heavy atom. The minimum Gasteiger partial charge on any atom is -1.00 e. The van der Waals surface area contributed by atoms with E-state index in [9.17, 15) is 0 Å². The van der Waals surface area contributed by atoms with Crippen LogP contribution in [0.5, 0.6) is 5.75 Å². The molecule has 5 heteroatoms. The molecular weight excluding hydrogens is 390 g/mol. The second kappa shape index (κ2) is 8.04. The number of aromatic nitrogens is 1. The van der Waals surface area contributed by atoms with Gasteiger partial charge in [-0.05, 0) is 49.3 Å². The van der Waals surface area contributed by atoms with Crippen LogP contribution in [0.3, 0.4) is 0 Å². The van der Waals surface area contributed by atoms with Gasteiger partial charge in [0.05, 0.1) is 17.8 Å². The lowest BCUT2D eigenvalue weighted by Gasteiger charge is -2.36. The lowest BCUT2D eigenvalue weighted by molar-refractivity contribution is -0.00000491. The molecule has 1 saturated heterocycles. The number of halogens is 1. The summed E-state index contributed by atoms with van der Waals surface area (Å²) in [7, 11) is 1.70. The Labute approximate surface area is 157 Å². The predicted octanol–water partition coefficient (Wildman–Crippen LogP) is 2.60. The minimum absolute atomic E-state index is 0. The van der Waals surface area contributed by atoms with E-state index in [1.165, 1.54) is 35.6 Å². The summed E-state index contributed by atoms with van der Waals surface area (Å²) in [6.45, 7) is 4.71. The first-order chi connectivity index (χ1) is 10.6. The van der Waals surface area contributed by atoms with E-state index < -0.39 is 0 Å². The molecule has 2 nitrogen and oxygen atoms in total. The summed E-state index contributed by atoms with van der Waals surface area (Å²) in [4.78, 5) is 4.93. The number of rotatable bonds is 4. The lowest BCUT2D eigenvalue weighted by Crippen LogP contribution is -3.00. The fraction of sp³-hybridized carbons (Fsp3) is 0.500. The number of benzene rings is 1. The highest BCUT2D eigenvalue weighted by molar-refractivity contribution is 8.00. The first-order valence-electron chi connectivity index (χ1n) is 7.87. The van der Waals surface area contributed by atoms with Crippen LogP contribution in [0, 0.1) is 0 Å². The average molecular weight is 413 g/mol. The van der Waals surface area contributed by atoms with Gasteiger partial charge in [0.2, 0.25) is 0 Å². The van der Waals surface area contributed by atoms with E-state index in [1.807, 2.05) is 23.5 Å². The van der Waals surface area contributed by atoms with E-state index in [1.54, 1.807) is 7.11 Å². The summed E-state index contributed by atoms with van der Waals surface area (Å²) in [5.74, 6) is 2.78. The normalized spacial score (nSPS) is 24.0. The molecule has 0 spiro atoms. The zero-order valence-electron chi connectivity index (χ0n) is 13.8. The summed E-state index contributed by atoms with van der Waals surface area (Å²) in [6.07, 6.45) is 3.75. The van der Waals surface area contributed by atoms with Gasteiger partial charge in [-0.2, -0.15) is 11.8 Å². The van der Waals surface area contributed by atoms with Crippen molar-refractivity contribution < 1.29 is 21.7 Å². The summed E-state index contributed by atoms with van der Waals surface area (Å²) in [5, 5.41) is 3.51. The Morgan fingerprint density at radius 2 is 2.04 bits per heavy atom. The molecule has 126 valence electrons. The molecule has 0 aliphatic carbocycles. The van der Waals surface area contributed by atoms with Gasteiger partial charge in [0.25, 0.3) is 0 Å². The number of hydrogen-bond acceptors (Lipinski definition) is 4. The topological polar surface area (TPSA) is 22.1 Å². The van der Waals surface area contributed by atoms with Gasteiger partial charge in [0.15, 0.2) is 0 Å². The van der Waals surface area contributed by atoms with E-state index in [2.05, 4.69) is 43.1 Å². The van der Waals surface area contributed by atoms with Crippen LogP contribution in [0.25, 0.3) is 11.3 Å². The summed E-state index contributed by atoms with van der Waals surface area (Å²) >= 11 is 3.95. The predicted molar refractivity (Wildman–Crippen MR) is 97.2 cm³/mol. The number of nitrogens with zero attached hydrogens (tertiary/aromatic N) is 1. The molecule has 1 aromatic carbocycles. The minimum atomic E-state index is 0. The van der Waals surface area contributed by atoms with Crippen molar-refractivity contribution in [3.63, 3.8) is 0 Å². The molecular formula is C18H23BrNOS2-. The van der Waals surface area contributed by atoms with Gasteiger partial charge in [-0.25, -0.2) is 4.98 Å². The number of hydrogen-bond donors (Lipinski definition) is 0. The van der Waals surface area contributed by atoms with Crippen molar-refractivity contribution in [3.05, 3.63) is 34.7 Å². The molecule has 0 bridgehead atoms. The van der Waals surface area contributed by atoms with Gasteiger partial charge in [-0.15, -0.1) is 11.3 Å². The maximum atomic E-state index is 5.22. The second-order valence-electron chi connectivity index (χ2n) is 6.14. The first kappa shape index (κ1) is 18.8. The molecule has 2 unspecified atom stereocenters. The zero-order chi connectivity index (χ0) is 15.6. The smallest absolute Gasteiger partial charge is 0.118 e. The SMILES string of the molecule is CCC1(C)CC(c2nc(-c3ccc(OC)cc3)cs2)CCS1.[Br-]. The van der Waals surface area contributed by atoms with Crippen LogP contribution in [0.4, 0.5) is 0 Å². The first-order valence-corrected chi connectivity index (χ1v) is 9.74. The van der Waals surface area contributed by atoms with Gasteiger partial charge in [-0.1, -0.05) is 13.8 Å². The largest absolute Gasteiger partial charge is 1.00 e. The highest BCUT2D eigenvalue weighted by Gasteiger charge is 2.33. The second-order valence-corrected chi connectivity index (χ2v) is 8.71. The molecule has 23 heavy (non-hydrogen) atoms. The third-order valence-electron chi connectivity index (χ3n) is 4.60.